The van der Waals surface area contributed by atoms with Gasteiger partial charge in [-0.3, -0.25) is 4.98 Å². The van der Waals surface area contributed by atoms with Crippen molar-refractivity contribution in [3.63, 3.8) is 0 Å². The molecular weight excluding hydrogens is 518 g/mol. The molecule has 0 amide bonds. The summed E-state index contributed by atoms with van der Waals surface area (Å²) in [5, 5.41) is 0. The SMILES string of the molecule is Cc1ccc(-c2ccccc2-c2ccccn2)cc1.[Cl][Pd+].[c-]1ccccc1-c1ccccn1. The largest absolute Gasteiger partial charge is 0.305 e. The third kappa shape index (κ3) is 7.20. The van der Waals surface area contributed by atoms with E-state index >= 15 is 0 Å². The summed E-state index contributed by atoms with van der Waals surface area (Å²) in [5.41, 5.74) is 7.92. The minimum Gasteiger partial charge on any atom is -0.305 e. The topological polar surface area (TPSA) is 25.8 Å². The van der Waals surface area contributed by atoms with Crippen LogP contribution in [0.2, 0.25) is 0 Å². The van der Waals surface area contributed by atoms with Crippen LogP contribution in [0.4, 0.5) is 0 Å². The summed E-state index contributed by atoms with van der Waals surface area (Å²) >= 11 is 2.22. The van der Waals surface area contributed by atoms with E-state index < -0.39 is 0 Å². The average molecular weight is 541 g/mol. The Morgan fingerprint density at radius 3 is 1.76 bits per heavy atom. The van der Waals surface area contributed by atoms with Crippen molar-refractivity contribution in [1.29, 1.82) is 0 Å². The summed E-state index contributed by atoms with van der Waals surface area (Å²) in [5.74, 6) is 0. The van der Waals surface area contributed by atoms with E-state index in [0.29, 0.717) is 0 Å². The third-order valence-corrected chi connectivity index (χ3v) is 4.88. The van der Waals surface area contributed by atoms with Crippen molar-refractivity contribution in [2.45, 2.75) is 6.92 Å². The van der Waals surface area contributed by atoms with Crippen molar-refractivity contribution in [1.82, 2.24) is 9.97 Å². The molecule has 5 rings (SSSR count). The van der Waals surface area contributed by atoms with Gasteiger partial charge in [0.1, 0.15) is 0 Å². The second kappa shape index (κ2) is 13.5. The van der Waals surface area contributed by atoms with E-state index in [-0.39, 0.29) is 0 Å². The maximum absolute atomic E-state index is 4.49. The molecule has 0 fully saturated rings. The van der Waals surface area contributed by atoms with Gasteiger partial charge in [-0.05, 0) is 41.9 Å². The van der Waals surface area contributed by atoms with Crippen molar-refractivity contribution in [2.75, 3.05) is 0 Å². The summed E-state index contributed by atoms with van der Waals surface area (Å²) in [6, 6.07) is 39.8. The predicted molar refractivity (Wildman–Crippen MR) is 134 cm³/mol. The van der Waals surface area contributed by atoms with Crippen LogP contribution in [-0.2, 0) is 18.2 Å². The zero-order valence-corrected chi connectivity index (χ0v) is 20.4. The summed E-state index contributed by atoms with van der Waals surface area (Å²) in [7, 11) is 4.49. The molecule has 2 aromatic heterocycles. The van der Waals surface area contributed by atoms with Gasteiger partial charge in [-0.2, -0.15) is 0 Å². The summed E-state index contributed by atoms with van der Waals surface area (Å²) in [6.07, 6.45) is 3.62. The van der Waals surface area contributed by atoms with E-state index in [1.165, 1.54) is 22.3 Å². The van der Waals surface area contributed by atoms with Gasteiger partial charge in [-0.15, -0.1) is 35.9 Å². The molecule has 0 aliphatic rings. The van der Waals surface area contributed by atoms with E-state index in [1.807, 2.05) is 66.9 Å². The van der Waals surface area contributed by atoms with Crippen molar-refractivity contribution in [3.05, 3.63) is 133 Å². The first kappa shape index (κ1) is 24.6. The van der Waals surface area contributed by atoms with Gasteiger partial charge in [0.05, 0.1) is 5.69 Å². The molecule has 0 radical (unpaired) electrons. The summed E-state index contributed by atoms with van der Waals surface area (Å²) in [6.45, 7) is 2.11. The predicted octanol–water partition coefficient (Wildman–Crippen LogP) is 7.96. The van der Waals surface area contributed by atoms with Crippen LogP contribution in [0.5, 0.6) is 0 Å². The number of halogens is 1. The minimum atomic E-state index is 0.970. The van der Waals surface area contributed by atoms with Crippen molar-refractivity contribution < 1.29 is 18.2 Å². The van der Waals surface area contributed by atoms with Crippen LogP contribution in [0.1, 0.15) is 5.56 Å². The normalized spacial score (nSPS) is 9.70. The van der Waals surface area contributed by atoms with Crippen LogP contribution in [0.25, 0.3) is 33.6 Å². The number of aromatic nitrogens is 2. The first-order valence-corrected chi connectivity index (χ1v) is 12.4. The van der Waals surface area contributed by atoms with Crippen molar-refractivity contribution in [3.8, 4) is 33.6 Å². The van der Waals surface area contributed by atoms with E-state index in [0.717, 1.165) is 17.0 Å². The molecule has 2 heterocycles. The van der Waals surface area contributed by atoms with Gasteiger partial charge in [-0.1, -0.05) is 72.3 Å². The van der Waals surface area contributed by atoms with Crippen LogP contribution >= 0.6 is 9.53 Å². The fourth-order valence-corrected chi connectivity index (χ4v) is 3.29. The van der Waals surface area contributed by atoms with Gasteiger partial charge in [-0.25, -0.2) is 0 Å². The number of benzene rings is 3. The molecule has 0 bridgehead atoms. The van der Waals surface area contributed by atoms with Gasteiger partial charge < -0.3 is 4.98 Å². The van der Waals surface area contributed by atoms with Gasteiger partial charge in [0, 0.05) is 18.0 Å². The Hall–Kier alpha value is -3.09. The summed E-state index contributed by atoms with van der Waals surface area (Å²) < 4.78 is 0. The van der Waals surface area contributed by atoms with Gasteiger partial charge >= 0.3 is 27.7 Å². The third-order valence-electron chi connectivity index (χ3n) is 4.88. The number of pyridine rings is 2. The Morgan fingerprint density at radius 2 is 1.18 bits per heavy atom. The van der Waals surface area contributed by atoms with Crippen molar-refractivity contribution >= 4 is 9.53 Å². The number of aryl methyl sites for hydroxylation is 1. The zero-order valence-electron chi connectivity index (χ0n) is 18.1. The Labute approximate surface area is 210 Å². The van der Waals surface area contributed by atoms with Crippen LogP contribution in [0.15, 0.2) is 122 Å². The van der Waals surface area contributed by atoms with Gasteiger partial charge in [0.15, 0.2) is 0 Å². The van der Waals surface area contributed by atoms with E-state index in [9.17, 15) is 0 Å². The van der Waals surface area contributed by atoms with Crippen molar-refractivity contribution in [2.24, 2.45) is 0 Å². The van der Waals surface area contributed by atoms with E-state index in [2.05, 4.69) is 99.2 Å². The summed E-state index contributed by atoms with van der Waals surface area (Å²) in [4.78, 5) is 8.67. The maximum Gasteiger partial charge on any atom is 0.0160 e. The number of nitrogens with zero attached hydrogens (tertiary/aromatic N) is 2. The number of hydrogen-bond acceptors (Lipinski definition) is 2. The molecule has 5 aromatic rings. The number of hydrogen-bond donors (Lipinski definition) is 0. The molecule has 33 heavy (non-hydrogen) atoms. The number of rotatable bonds is 3. The zero-order chi connectivity index (χ0) is 23.3. The molecule has 166 valence electrons. The standard InChI is InChI=1S/C18H15N.C11H8N.ClH.Pd/c1-14-9-11-15(12-10-14)16-6-2-3-7-17(16)18-8-4-5-13-19-18;1-2-6-10(7-3-1)11-8-4-5-9-12-11;;/h2-13H,1H3;1-6,8-9H;1H;/q;-1;;+2/p-1. The molecule has 0 spiro atoms. The fraction of sp³-hybridized carbons (Fsp3) is 0.0345. The van der Waals surface area contributed by atoms with E-state index in [4.69, 9.17) is 0 Å². The van der Waals surface area contributed by atoms with Crippen LogP contribution in [-0.4, -0.2) is 9.97 Å². The van der Waals surface area contributed by atoms with Gasteiger partial charge in [0.2, 0.25) is 0 Å². The molecule has 0 saturated heterocycles. The van der Waals surface area contributed by atoms with Crippen LogP contribution in [0, 0.1) is 13.0 Å². The second-order valence-electron chi connectivity index (χ2n) is 7.12. The van der Waals surface area contributed by atoms with E-state index in [1.54, 1.807) is 6.20 Å². The van der Waals surface area contributed by atoms with Crippen LogP contribution < -0.4 is 0 Å². The second-order valence-corrected chi connectivity index (χ2v) is 7.12. The minimum absolute atomic E-state index is 0.970. The average Bonchev–Trinajstić information content (AvgIpc) is 2.92. The Morgan fingerprint density at radius 1 is 0.606 bits per heavy atom. The first-order chi connectivity index (χ1) is 16.3. The molecule has 4 heteroatoms. The Kier molecular flexibility index (Phi) is 10.0. The molecule has 0 unspecified atom stereocenters. The molecule has 0 aliphatic carbocycles. The molecular formula is C29H23ClN2Pd. The molecule has 0 saturated carbocycles. The quantitative estimate of drug-likeness (QED) is 0.171. The van der Waals surface area contributed by atoms with Crippen LogP contribution in [0.3, 0.4) is 0 Å². The molecule has 2 nitrogen and oxygen atoms in total. The van der Waals surface area contributed by atoms with Gasteiger partial charge in [0.25, 0.3) is 0 Å². The molecule has 0 atom stereocenters. The molecule has 3 aromatic carbocycles. The molecule has 0 N–H and O–H groups in total. The monoisotopic (exact) mass is 540 g/mol. The Bertz CT molecular complexity index is 1180. The smallest absolute Gasteiger partial charge is 0.0160 e. The first-order valence-electron chi connectivity index (χ1n) is 10.4. The Balaban J connectivity index is 0.000000188. The molecule has 0 aliphatic heterocycles. The maximum atomic E-state index is 4.49. The fourth-order valence-electron chi connectivity index (χ4n) is 3.29.